The Hall–Kier alpha value is -3.29. The Morgan fingerprint density at radius 2 is 1.17 bits per heavy atom. The van der Waals surface area contributed by atoms with E-state index in [-0.39, 0.29) is 19.8 Å². The van der Waals surface area contributed by atoms with Crippen LogP contribution in [-0.2, 0) is 43.1 Å². The minimum absolute atomic E-state index is 0.0897. The van der Waals surface area contributed by atoms with Crippen LogP contribution in [0, 0.1) is 0 Å². The highest BCUT2D eigenvalue weighted by atomic mass is 31.2. The summed E-state index contributed by atoms with van der Waals surface area (Å²) in [5.74, 6) is -0.860. The topological polar surface area (TPSA) is 83.5 Å². The highest BCUT2D eigenvalue weighted by molar-refractivity contribution is 7.67. The van der Waals surface area contributed by atoms with E-state index in [1.165, 1.54) is 0 Å². The molecule has 214 valence electrons. The zero-order chi connectivity index (χ0) is 28.5. The third-order valence-corrected chi connectivity index (χ3v) is 9.61. The lowest BCUT2D eigenvalue weighted by molar-refractivity contribution is -0.174. The third-order valence-electron chi connectivity index (χ3n) is 7.02. The normalized spacial score (nSPS) is 24.1. The van der Waals surface area contributed by atoms with Crippen molar-refractivity contribution < 1.29 is 33.1 Å². The van der Waals surface area contributed by atoms with Crippen LogP contribution < -0.4 is 10.0 Å². The molecule has 0 aliphatic carbocycles. The molecule has 7 nitrogen and oxygen atoms in total. The molecule has 0 amide bonds. The Morgan fingerprint density at radius 3 is 1.68 bits per heavy atom. The van der Waals surface area contributed by atoms with Gasteiger partial charge in [-0.25, -0.2) is 0 Å². The van der Waals surface area contributed by atoms with Crippen LogP contribution in [0.1, 0.15) is 16.7 Å². The first-order chi connectivity index (χ1) is 20.1. The van der Waals surface area contributed by atoms with Crippen LogP contribution in [0.2, 0.25) is 0 Å². The van der Waals surface area contributed by atoms with Gasteiger partial charge in [0.25, 0.3) is 7.37 Å². The molecule has 0 aromatic heterocycles. The molecule has 1 fully saturated rings. The molecule has 41 heavy (non-hydrogen) atoms. The smallest absolute Gasteiger partial charge is 0.262 e. The van der Waals surface area contributed by atoms with Crippen LogP contribution in [0.4, 0.5) is 0 Å². The van der Waals surface area contributed by atoms with E-state index >= 15 is 0 Å². The van der Waals surface area contributed by atoms with E-state index in [0.29, 0.717) is 17.7 Å². The molecule has 1 aliphatic heterocycles. The molecule has 0 bridgehead atoms. The zero-order valence-corrected chi connectivity index (χ0v) is 23.8. The summed E-state index contributed by atoms with van der Waals surface area (Å²) in [7, 11) is -2.29. The van der Waals surface area contributed by atoms with Crippen molar-refractivity contribution in [3.8, 4) is 5.75 Å². The summed E-state index contributed by atoms with van der Waals surface area (Å²) in [6, 6.07) is 35.9. The van der Waals surface area contributed by atoms with E-state index in [1.54, 1.807) is 31.4 Å². The number of hydrogen-bond donors (Lipinski definition) is 1. The van der Waals surface area contributed by atoms with E-state index in [9.17, 15) is 9.67 Å². The van der Waals surface area contributed by atoms with Gasteiger partial charge >= 0.3 is 0 Å². The monoisotopic (exact) mass is 574 g/mol. The largest absolute Gasteiger partial charge is 0.497 e. The van der Waals surface area contributed by atoms with Crippen LogP contribution in [-0.4, -0.2) is 43.0 Å². The zero-order valence-electron chi connectivity index (χ0n) is 23.0. The van der Waals surface area contributed by atoms with Crippen LogP contribution in [0.25, 0.3) is 0 Å². The Kier molecular flexibility index (Phi) is 10.0. The minimum Gasteiger partial charge on any atom is -0.497 e. The van der Waals surface area contributed by atoms with Gasteiger partial charge in [-0.05, 0) is 41.0 Å². The van der Waals surface area contributed by atoms with Crippen LogP contribution in [0.5, 0.6) is 5.75 Å². The quantitative estimate of drug-likeness (QED) is 0.217. The fourth-order valence-corrected chi connectivity index (χ4v) is 7.15. The fraction of sp³-hybridized carbons (Fsp3) is 0.273. The molecule has 1 heterocycles. The number of aliphatic hydroxyl groups excluding tert-OH is 1. The molecule has 8 heteroatoms. The molecule has 4 aromatic carbocycles. The van der Waals surface area contributed by atoms with Crippen LogP contribution >= 0.6 is 7.37 Å². The van der Waals surface area contributed by atoms with Crippen molar-refractivity contribution >= 4 is 12.7 Å². The maximum Gasteiger partial charge on any atom is 0.262 e. The average Bonchev–Trinajstić information content (AvgIpc) is 3.03. The van der Waals surface area contributed by atoms with E-state index in [0.717, 1.165) is 16.7 Å². The predicted molar refractivity (Wildman–Crippen MR) is 157 cm³/mol. The van der Waals surface area contributed by atoms with Crippen molar-refractivity contribution in [3.05, 3.63) is 132 Å². The molecule has 1 aliphatic rings. The van der Waals surface area contributed by atoms with Gasteiger partial charge in [0.1, 0.15) is 24.1 Å². The highest BCUT2D eigenvalue weighted by Gasteiger charge is 2.54. The molecule has 4 aromatic rings. The molecular weight excluding hydrogens is 539 g/mol. The lowest BCUT2D eigenvalue weighted by atomic mass is 10.1. The maximum atomic E-state index is 14.5. The first kappa shape index (κ1) is 29.2. The summed E-state index contributed by atoms with van der Waals surface area (Å²) < 4.78 is 44.9. The molecule has 5 rings (SSSR count). The molecule has 0 radical (unpaired) electrons. The van der Waals surface area contributed by atoms with Gasteiger partial charge in [-0.2, -0.15) is 0 Å². The summed E-state index contributed by atoms with van der Waals surface area (Å²) >= 11 is 0. The standard InChI is InChI=1S/C33H35O7P/c1-36-28-17-19-29(20-18-28)41(35)33(34)32(39-23-27-15-9-4-10-16-27)31(38-22-26-13-7-3-8-14-26)30(40-41)24-37-21-25-11-5-2-6-12-25/h2-20,30-34H,21-24H2,1H3/t30-,31-,32+,33-,41+/m1/s1. The fourth-order valence-electron chi connectivity index (χ4n) is 4.81. The van der Waals surface area contributed by atoms with E-state index in [2.05, 4.69) is 0 Å². The third kappa shape index (κ3) is 7.32. The SMILES string of the molecule is COc1ccc([P@]2(=O)O[C@H](COCc3ccccc3)[C@@H](OCc3ccccc3)[C@H](OCc3ccccc3)[C@@H]2O)cc1. The maximum absolute atomic E-state index is 14.5. The van der Waals surface area contributed by atoms with Gasteiger partial charge in [0.2, 0.25) is 0 Å². The van der Waals surface area contributed by atoms with Gasteiger partial charge in [-0.15, -0.1) is 0 Å². The second-order valence-corrected chi connectivity index (χ2v) is 12.3. The van der Waals surface area contributed by atoms with Crippen molar-refractivity contribution in [2.45, 2.75) is 44.0 Å². The van der Waals surface area contributed by atoms with Crippen molar-refractivity contribution in [1.29, 1.82) is 0 Å². The number of methoxy groups -OCH3 is 1. The number of aliphatic hydroxyl groups is 1. The summed E-state index contributed by atoms with van der Waals surface area (Å²) in [5.41, 5.74) is 2.88. The lowest BCUT2D eigenvalue weighted by Gasteiger charge is -2.44. The summed E-state index contributed by atoms with van der Waals surface area (Å²) in [5, 5.41) is 12.0. The average molecular weight is 575 g/mol. The molecule has 5 atom stereocenters. The molecule has 1 saturated heterocycles. The van der Waals surface area contributed by atoms with Crippen molar-refractivity contribution in [3.63, 3.8) is 0 Å². The van der Waals surface area contributed by atoms with Crippen LogP contribution in [0.3, 0.4) is 0 Å². The molecule has 0 saturated carbocycles. The Labute approximate surface area is 241 Å². The number of hydrogen-bond acceptors (Lipinski definition) is 7. The molecular formula is C33H35O7P. The van der Waals surface area contributed by atoms with Crippen LogP contribution in [0.15, 0.2) is 115 Å². The van der Waals surface area contributed by atoms with Gasteiger partial charge in [-0.1, -0.05) is 91.0 Å². The second-order valence-electron chi connectivity index (χ2n) is 9.88. The van der Waals surface area contributed by atoms with Gasteiger partial charge in [0.15, 0.2) is 5.85 Å². The van der Waals surface area contributed by atoms with Crippen molar-refractivity contribution in [1.82, 2.24) is 0 Å². The Balaban J connectivity index is 1.45. The molecule has 0 unspecified atom stereocenters. The minimum atomic E-state index is -3.85. The van der Waals surface area contributed by atoms with Crippen molar-refractivity contribution in [2.75, 3.05) is 13.7 Å². The predicted octanol–water partition coefficient (Wildman–Crippen LogP) is 5.70. The summed E-state index contributed by atoms with van der Waals surface area (Å²) in [4.78, 5) is 0. The number of ether oxygens (including phenoxy) is 4. The first-order valence-corrected chi connectivity index (χ1v) is 15.3. The van der Waals surface area contributed by atoms with E-state index < -0.39 is 31.5 Å². The second kappa shape index (κ2) is 14.1. The summed E-state index contributed by atoms with van der Waals surface area (Å²) in [6.45, 7) is 0.895. The highest BCUT2D eigenvalue weighted by Crippen LogP contribution is 2.57. The van der Waals surface area contributed by atoms with Gasteiger partial charge < -0.3 is 28.6 Å². The van der Waals surface area contributed by atoms with Crippen molar-refractivity contribution in [2.24, 2.45) is 0 Å². The Morgan fingerprint density at radius 1 is 0.683 bits per heavy atom. The number of rotatable bonds is 12. The molecule has 1 N–H and O–H groups in total. The van der Waals surface area contributed by atoms with Gasteiger partial charge in [-0.3, -0.25) is 4.57 Å². The van der Waals surface area contributed by atoms with Gasteiger partial charge in [0.05, 0.1) is 33.5 Å². The molecule has 0 spiro atoms. The first-order valence-electron chi connectivity index (χ1n) is 13.6. The number of benzene rings is 4. The summed E-state index contributed by atoms with van der Waals surface area (Å²) in [6.07, 6.45) is -2.49. The van der Waals surface area contributed by atoms with Gasteiger partial charge in [0, 0.05) is 5.30 Å². The lowest BCUT2D eigenvalue weighted by Crippen LogP contribution is -2.55. The van der Waals surface area contributed by atoms with E-state index in [4.69, 9.17) is 23.5 Å². The Bertz CT molecular complexity index is 1380. The van der Waals surface area contributed by atoms with E-state index in [1.807, 2.05) is 91.0 Å².